The highest BCUT2D eigenvalue weighted by Crippen LogP contribution is 2.25. The average molecular weight is 246 g/mol. The van der Waals surface area contributed by atoms with Gasteiger partial charge in [0.05, 0.1) is 20.8 Å². The van der Waals surface area contributed by atoms with Crippen LogP contribution in [0.3, 0.4) is 0 Å². The van der Waals surface area contributed by atoms with E-state index in [1.165, 1.54) is 7.11 Å². The van der Waals surface area contributed by atoms with Crippen molar-refractivity contribution in [3.8, 4) is 22.9 Å². The van der Waals surface area contributed by atoms with Gasteiger partial charge in [-0.1, -0.05) is 0 Å². The highest BCUT2D eigenvalue weighted by molar-refractivity contribution is 5.64. The molecule has 2 aromatic rings. The standard InChI is InChI=1S/C13H14N2O3/c1-17-12-4-9(8-16)3-10(5-12)11-6-14-13(18-2)15-7-11/h3-7,16H,8H2,1-2H3. The number of rotatable bonds is 4. The molecule has 0 bridgehead atoms. The predicted molar refractivity (Wildman–Crippen MR) is 66.5 cm³/mol. The maximum absolute atomic E-state index is 9.20. The van der Waals surface area contributed by atoms with Gasteiger partial charge in [-0.15, -0.1) is 0 Å². The predicted octanol–water partition coefficient (Wildman–Crippen LogP) is 1.65. The molecule has 0 unspecified atom stereocenters. The van der Waals surface area contributed by atoms with Gasteiger partial charge in [0.15, 0.2) is 0 Å². The Kier molecular flexibility index (Phi) is 3.74. The number of ether oxygens (including phenoxy) is 2. The van der Waals surface area contributed by atoms with Gasteiger partial charge in [-0.3, -0.25) is 0 Å². The molecule has 0 aliphatic carbocycles. The van der Waals surface area contributed by atoms with E-state index in [0.717, 1.165) is 16.7 Å². The van der Waals surface area contributed by atoms with Gasteiger partial charge >= 0.3 is 6.01 Å². The normalized spacial score (nSPS) is 10.2. The van der Waals surface area contributed by atoms with Crippen molar-refractivity contribution < 1.29 is 14.6 Å². The van der Waals surface area contributed by atoms with Crippen LogP contribution in [-0.2, 0) is 6.61 Å². The molecule has 1 aromatic heterocycles. The summed E-state index contributed by atoms with van der Waals surface area (Å²) < 4.78 is 10.1. The van der Waals surface area contributed by atoms with Crippen LogP contribution in [-0.4, -0.2) is 29.3 Å². The Morgan fingerprint density at radius 2 is 1.72 bits per heavy atom. The summed E-state index contributed by atoms with van der Waals surface area (Å²) in [5.74, 6) is 0.687. The van der Waals surface area contributed by atoms with Crippen LogP contribution in [0.4, 0.5) is 0 Å². The summed E-state index contributed by atoms with van der Waals surface area (Å²) in [4.78, 5) is 8.10. The monoisotopic (exact) mass is 246 g/mol. The molecule has 0 radical (unpaired) electrons. The molecule has 1 aromatic carbocycles. The van der Waals surface area contributed by atoms with E-state index in [9.17, 15) is 5.11 Å². The largest absolute Gasteiger partial charge is 0.497 e. The van der Waals surface area contributed by atoms with E-state index in [4.69, 9.17) is 9.47 Å². The Morgan fingerprint density at radius 1 is 1.00 bits per heavy atom. The molecule has 5 nitrogen and oxygen atoms in total. The molecule has 0 amide bonds. The van der Waals surface area contributed by atoms with Crippen molar-refractivity contribution in [1.29, 1.82) is 0 Å². The minimum atomic E-state index is -0.0405. The SMILES string of the molecule is COc1cc(CO)cc(-c2cnc(OC)nc2)c1. The van der Waals surface area contributed by atoms with Gasteiger partial charge in [0.1, 0.15) is 5.75 Å². The van der Waals surface area contributed by atoms with Crippen LogP contribution in [0.2, 0.25) is 0 Å². The summed E-state index contributed by atoms with van der Waals surface area (Å²) in [6.45, 7) is -0.0405. The summed E-state index contributed by atoms with van der Waals surface area (Å²) in [6.07, 6.45) is 3.34. The van der Waals surface area contributed by atoms with Crippen LogP contribution in [0.5, 0.6) is 11.8 Å². The van der Waals surface area contributed by atoms with E-state index in [2.05, 4.69) is 9.97 Å². The average Bonchev–Trinajstić information content (AvgIpc) is 2.46. The summed E-state index contributed by atoms with van der Waals surface area (Å²) >= 11 is 0. The van der Waals surface area contributed by atoms with E-state index < -0.39 is 0 Å². The first-order valence-corrected chi connectivity index (χ1v) is 5.42. The molecule has 1 N–H and O–H groups in total. The molecule has 0 fully saturated rings. The highest BCUT2D eigenvalue weighted by Gasteiger charge is 2.05. The smallest absolute Gasteiger partial charge is 0.316 e. The third-order valence-electron chi connectivity index (χ3n) is 2.53. The number of aromatic nitrogens is 2. The van der Waals surface area contributed by atoms with Crippen molar-refractivity contribution in [3.63, 3.8) is 0 Å². The minimum Gasteiger partial charge on any atom is -0.497 e. The zero-order valence-corrected chi connectivity index (χ0v) is 10.3. The van der Waals surface area contributed by atoms with E-state index in [1.54, 1.807) is 25.6 Å². The maximum atomic E-state index is 9.20. The Morgan fingerprint density at radius 3 is 2.28 bits per heavy atom. The molecule has 0 aliphatic rings. The van der Waals surface area contributed by atoms with Gasteiger partial charge in [0.2, 0.25) is 0 Å². The number of nitrogens with zero attached hydrogens (tertiary/aromatic N) is 2. The fraction of sp³-hybridized carbons (Fsp3) is 0.231. The van der Waals surface area contributed by atoms with E-state index in [1.807, 2.05) is 12.1 Å². The van der Waals surface area contributed by atoms with Gasteiger partial charge in [0, 0.05) is 18.0 Å². The first-order valence-electron chi connectivity index (χ1n) is 5.42. The molecule has 2 rings (SSSR count). The van der Waals surface area contributed by atoms with Gasteiger partial charge in [-0.05, 0) is 29.3 Å². The van der Waals surface area contributed by atoms with Gasteiger partial charge in [-0.2, -0.15) is 0 Å². The van der Waals surface area contributed by atoms with E-state index >= 15 is 0 Å². The number of hydrogen-bond acceptors (Lipinski definition) is 5. The Labute approximate surface area is 105 Å². The topological polar surface area (TPSA) is 64.5 Å². The lowest BCUT2D eigenvalue weighted by molar-refractivity contribution is 0.281. The number of methoxy groups -OCH3 is 2. The Bertz CT molecular complexity index is 504. The Hall–Kier alpha value is -2.14. The zero-order valence-electron chi connectivity index (χ0n) is 10.3. The molecule has 0 saturated heterocycles. The number of aliphatic hydroxyl groups excluding tert-OH is 1. The van der Waals surface area contributed by atoms with Crippen molar-refractivity contribution >= 4 is 0 Å². The third-order valence-corrected chi connectivity index (χ3v) is 2.53. The molecule has 1 heterocycles. The van der Waals surface area contributed by atoms with Crippen LogP contribution in [0.25, 0.3) is 11.1 Å². The molecular weight excluding hydrogens is 232 g/mol. The van der Waals surface area contributed by atoms with Crippen LogP contribution in [0.1, 0.15) is 5.56 Å². The van der Waals surface area contributed by atoms with Crippen molar-refractivity contribution in [2.75, 3.05) is 14.2 Å². The lowest BCUT2D eigenvalue weighted by Crippen LogP contribution is -1.93. The molecule has 0 saturated carbocycles. The molecule has 0 spiro atoms. The van der Waals surface area contributed by atoms with Gasteiger partial charge < -0.3 is 14.6 Å². The fourth-order valence-electron chi connectivity index (χ4n) is 1.61. The second kappa shape index (κ2) is 5.46. The van der Waals surface area contributed by atoms with E-state index in [0.29, 0.717) is 11.8 Å². The fourth-order valence-corrected chi connectivity index (χ4v) is 1.61. The van der Waals surface area contributed by atoms with Crippen LogP contribution in [0, 0.1) is 0 Å². The summed E-state index contributed by atoms with van der Waals surface area (Å²) in [5, 5.41) is 9.20. The lowest BCUT2D eigenvalue weighted by atomic mass is 10.1. The number of hydrogen-bond donors (Lipinski definition) is 1. The van der Waals surface area contributed by atoms with Crippen LogP contribution >= 0.6 is 0 Å². The number of benzene rings is 1. The molecule has 5 heteroatoms. The summed E-state index contributed by atoms with van der Waals surface area (Å²) in [6, 6.07) is 5.84. The molecule has 18 heavy (non-hydrogen) atoms. The van der Waals surface area contributed by atoms with Gasteiger partial charge in [-0.25, -0.2) is 9.97 Å². The second-order valence-electron chi connectivity index (χ2n) is 3.69. The van der Waals surface area contributed by atoms with Crippen molar-refractivity contribution in [2.24, 2.45) is 0 Å². The molecule has 94 valence electrons. The quantitative estimate of drug-likeness (QED) is 0.888. The minimum absolute atomic E-state index is 0.0405. The molecule has 0 atom stereocenters. The second-order valence-corrected chi connectivity index (χ2v) is 3.69. The van der Waals surface area contributed by atoms with Crippen LogP contribution < -0.4 is 9.47 Å². The summed E-state index contributed by atoms with van der Waals surface area (Å²) in [5.41, 5.74) is 2.51. The van der Waals surface area contributed by atoms with E-state index in [-0.39, 0.29) is 6.61 Å². The maximum Gasteiger partial charge on any atom is 0.316 e. The van der Waals surface area contributed by atoms with Crippen molar-refractivity contribution in [3.05, 3.63) is 36.2 Å². The highest BCUT2D eigenvalue weighted by atomic mass is 16.5. The van der Waals surface area contributed by atoms with Gasteiger partial charge in [0.25, 0.3) is 0 Å². The first kappa shape index (κ1) is 12.3. The lowest BCUT2D eigenvalue weighted by Gasteiger charge is -2.07. The Balaban J connectivity index is 2.41. The molecular formula is C13H14N2O3. The first-order chi connectivity index (χ1) is 8.76. The van der Waals surface area contributed by atoms with Crippen molar-refractivity contribution in [2.45, 2.75) is 6.61 Å². The molecule has 0 aliphatic heterocycles. The number of aliphatic hydroxyl groups is 1. The third kappa shape index (κ3) is 2.57. The summed E-state index contributed by atoms with van der Waals surface area (Å²) in [7, 11) is 3.11. The zero-order chi connectivity index (χ0) is 13.0. The van der Waals surface area contributed by atoms with Crippen molar-refractivity contribution in [1.82, 2.24) is 9.97 Å². The van der Waals surface area contributed by atoms with Crippen LogP contribution in [0.15, 0.2) is 30.6 Å².